The summed E-state index contributed by atoms with van der Waals surface area (Å²) in [6, 6.07) is 7.17. The lowest BCUT2D eigenvalue weighted by molar-refractivity contribution is -0.119. The standard InChI is InChI=1S/C14H19N3O/c1-14(2,3)12(15)13(18)17-10-4-5-11-9(8-10)6-7-16-11/h4-8,12,16H,15H2,1-3H3,(H,17,18)/t12-/m1/s1. The van der Waals surface area contributed by atoms with E-state index in [0.717, 1.165) is 16.6 Å². The van der Waals surface area contributed by atoms with E-state index in [1.54, 1.807) is 0 Å². The summed E-state index contributed by atoms with van der Waals surface area (Å²) in [5.41, 5.74) is 7.49. The lowest BCUT2D eigenvalue weighted by atomic mass is 9.87. The van der Waals surface area contributed by atoms with Crippen molar-refractivity contribution < 1.29 is 4.79 Å². The van der Waals surface area contributed by atoms with Gasteiger partial charge in [0.2, 0.25) is 5.91 Å². The average Bonchev–Trinajstić information content (AvgIpc) is 2.73. The molecular weight excluding hydrogens is 226 g/mol. The Kier molecular flexibility index (Phi) is 3.13. The van der Waals surface area contributed by atoms with Crippen molar-refractivity contribution in [2.75, 3.05) is 5.32 Å². The second kappa shape index (κ2) is 4.46. The number of fused-ring (bicyclic) bond motifs is 1. The Balaban J connectivity index is 2.16. The summed E-state index contributed by atoms with van der Waals surface area (Å²) in [4.78, 5) is 15.1. The average molecular weight is 245 g/mol. The molecule has 2 aromatic rings. The number of H-pyrrole nitrogens is 1. The molecular formula is C14H19N3O. The third-order valence-corrected chi connectivity index (χ3v) is 3.04. The Morgan fingerprint density at radius 2 is 2.06 bits per heavy atom. The zero-order valence-electron chi connectivity index (χ0n) is 10.9. The number of hydrogen-bond donors (Lipinski definition) is 3. The molecule has 1 aromatic heterocycles. The molecule has 0 fully saturated rings. The highest BCUT2D eigenvalue weighted by Gasteiger charge is 2.27. The van der Waals surface area contributed by atoms with E-state index in [9.17, 15) is 4.79 Å². The van der Waals surface area contributed by atoms with Crippen LogP contribution in [0.25, 0.3) is 10.9 Å². The van der Waals surface area contributed by atoms with Gasteiger partial charge in [-0.2, -0.15) is 0 Å². The van der Waals surface area contributed by atoms with Gasteiger partial charge in [-0.1, -0.05) is 20.8 Å². The molecule has 18 heavy (non-hydrogen) atoms. The van der Waals surface area contributed by atoms with Crippen LogP contribution in [0.3, 0.4) is 0 Å². The van der Waals surface area contributed by atoms with Gasteiger partial charge in [0.15, 0.2) is 0 Å². The molecule has 0 unspecified atom stereocenters. The van der Waals surface area contributed by atoms with Gasteiger partial charge in [-0.05, 0) is 29.7 Å². The van der Waals surface area contributed by atoms with Crippen LogP contribution in [0.5, 0.6) is 0 Å². The number of nitrogens with one attached hydrogen (secondary N) is 2. The van der Waals surface area contributed by atoms with Crippen molar-refractivity contribution in [3.63, 3.8) is 0 Å². The van der Waals surface area contributed by atoms with E-state index in [2.05, 4.69) is 10.3 Å². The summed E-state index contributed by atoms with van der Waals surface area (Å²) < 4.78 is 0. The number of anilines is 1. The van der Waals surface area contributed by atoms with Crippen LogP contribution in [0.15, 0.2) is 30.5 Å². The largest absolute Gasteiger partial charge is 0.361 e. The first-order valence-electron chi connectivity index (χ1n) is 6.01. The third-order valence-electron chi connectivity index (χ3n) is 3.04. The van der Waals surface area contributed by atoms with Gasteiger partial charge in [0, 0.05) is 22.8 Å². The molecule has 0 radical (unpaired) electrons. The molecule has 0 saturated carbocycles. The molecule has 0 aliphatic heterocycles. The summed E-state index contributed by atoms with van der Waals surface area (Å²) in [7, 11) is 0. The lowest BCUT2D eigenvalue weighted by Crippen LogP contribution is -2.45. The first-order chi connectivity index (χ1) is 8.38. The van der Waals surface area contributed by atoms with E-state index in [-0.39, 0.29) is 11.3 Å². The molecule has 2 rings (SSSR count). The predicted octanol–water partition coefficient (Wildman–Crippen LogP) is 2.48. The van der Waals surface area contributed by atoms with E-state index < -0.39 is 6.04 Å². The number of nitrogens with two attached hydrogens (primary N) is 1. The minimum atomic E-state index is -0.528. The molecule has 0 bridgehead atoms. The van der Waals surface area contributed by atoms with Crippen LogP contribution in [0, 0.1) is 5.41 Å². The van der Waals surface area contributed by atoms with E-state index in [1.807, 2.05) is 51.2 Å². The summed E-state index contributed by atoms with van der Waals surface area (Å²) in [5.74, 6) is -0.155. The molecule has 1 aromatic carbocycles. The minimum Gasteiger partial charge on any atom is -0.361 e. The van der Waals surface area contributed by atoms with Crippen LogP contribution in [0.1, 0.15) is 20.8 Å². The van der Waals surface area contributed by atoms with Crippen molar-refractivity contribution >= 4 is 22.5 Å². The Hall–Kier alpha value is -1.81. The highest BCUT2D eigenvalue weighted by atomic mass is 16.2. The highest BCUT2D eigenvalue weighted by molar-refractivity contribution is 5.97. The molecule has 4 heteroatoms. The monoisotopic (exact) mass is 245 g/mol. The van der Waals surface area contributed by atoms with Crippen LogP contribution in [-0.2, 0) is 4.79 Å². The smallest absolute Gasteiger partial charge is 0.241 e. The van der Waals surface area contributed by atoms with Gasteiger partial charge in [0.1, 0.15) is 0 Å². The van der Waals surface area contributed by atoms with Crippen LogP contribution in [0.2, 0.25) is 0 Å². The van der Waals surface area contributed by atoms with Crippen molar-refractivity contribution in [2.24, 2.45) is 11.1 Å². The maximum Gasteiger partial charge on any atom is 0.241 e. The fourth-order valence-electron chi connectivity index (χ4n) is 1.74. The minimum absolute atomic E-state index is 0.155. The Morgan fingerprint density at radius 3 is 2.72 bits per heavy atom. The zero-order valence-corrected chi connectivity index (χ0v) is 10.9. The maximum atomic E-state index is 12.0. The quantitative estimate of drug-likeness (QED) is 0.760. The first kappa shape index (κ1) is 12.6. The van der Waals surface area contributed by atoms with Crippen LogP contribution in [-0.4, -0.2) is 16.9 Å². The van der Waals surface area contributed by atoms with Gasteiger partial charge >= 0.3 is 0 Å². The van der Waals surface area contributed by atoms with Gasteiger partial charge in [-0.25, -0.2) is 0 Å². The van der Waals surface area contributed by atoms with Crippen molar-refractivity contribution in [1.82, 2.24) is 4.98 Å². The molecule has 0 saturated heterocycles. The molecule has 4 N–H and O–H groups in total. The van der Waals surface area contributed by atoms with Gasteiger partial charge in [0.25, 0.3) is 0 Å². The second-order valence-corrected chi connectivity index (χ2v) is 5.61. The Bertz CT molecular complexity index is 566. The van der Waals surface area contributed by atoms with Gasteiger partial charge in [-0.15, -0.1) is 0 Å². The molecule has 1 atom stereocenters. The van der Waals surface area contributed by atoms with Gasteiger partial charge in [0.05, 0.1) is 6.04 Å². The fraction of sp³-hybridized carbons (Fsp3) is 0.357. The normalized spacial score (nSPS) is 13.6. The molecule has 0 spiro atoms. The number of benzene rings is 1. The van der Waals surface area contributed by atoms with E-state index in [1.165, 1.54) is 0 Å². The van der Waals surface area contributed by atoms with Gasteiger partial charge < -0.3 is 16.0 Å². The van der Waals surface area contributed by atoms with Gasteiger partial charge in [-0.3, -0.25) is 4.79 Å². The van der Waals surface area contributed by atoms with Crippen LogP contribution >= 0.6 is 0 Å². The number of amides is 1. The summed E-state index contributed by atoms with van der Waals surface area (Å²) in [6.45, 7) is 5.85. The van der Waals surface area contributed by atoms with Crippen molar-refractivity contribution in [3.8, 4) is 0 Å². The first-order valence-corrected chi connectivity index (χ1v) is 6.01. The van der Waals surface area contributed by atoms with Crippen LogP contribution in [0.4, 0.5) is 5.69 Å². The molecule has 0 aliphatic rings. The molecule has 1 amide bonds. The number of carbonyl (C=O) groups is 1. The Morgan fingerprint density at radius 1 is 1.33 bits per heavy atom. The number of carbonyl (C=O) groups excluding carboxylic acids is 1. The summed E-state index contributed by atoms with van der Waals surface area (Å²) >= 11 is 0. The number of rotatable bonds is 2. The summed E-state index contributed by atoms with van der Waals surface area (Å²) in [5, 5.41) is 3.92. The van der Waals surface area contributed by atoms with E-state index >= 15 is 0 Å². The highest BCUT2D eigenvalue weighted by Crippen LogP contribution is 2.21. The predicted molar refractivity (Wildman–Crippen MR) is 74.4 cm³/mol. The number of aromatic amines is 1. The zero-order chi connectivity index (χ0) is 13.3. The van der Waals surface area contributed by atoms with Crippen molar-refractivity contribution in [1.29, 1.82) is 0 Å². The third kappa shape index (κ3) is 2.54. The fourth-order valence-corrected chi connectivity index (χ4v) is 1.74. The maximum absolute atomic E-state index is 12.0. The number of aromatic nitrogens is 1. The lowest BCUT2D eigenvalue weighted by Gasteiger charge is -2.25. The molecule has 4 nitrogen and oxygen atoms in total. The van der Waals surface area contributed by atoms with E-state index in [0.29, 0.717) is 0 Å². The van der Waals surface area contributed by atoms with Crippen molar-refractivity contribution in [2.45, 2.75) is 26.8 Å². The second-order valence-electron chi connectivity index (χ2n) is 5.61. The Labute approximate surface area is 107 Å². The summed E-state index contributed by atoms with van der Waals surface area (Å²) in [6.07, 6.45) is 1.87. The van der Waals surface area contributed by atoms with E-state index in [4.69, 9.17) is 5.73 Å². The molecule has 0 aliphatic carbocycles. The topological polar surface area (TPSA) is 70.9 Å². The molecule has 1 heterocycles. The van der Waals surface area contributed by atoms with Crippen molar-refractivity contribution in [3.05, 3.63) is 30.5 Å². The SMILES string of the molecule is CC(C)(C)[C@H](N)C(=O)Nc1ccc2[nH]ccc2c1. The number of hydrogen-bond acceptors (Lipinski definition) is 2. The molecule has 96 valence electrons. The van der Waals surface area contributed by atoms with Crippen LogP contribution < -0.4 is 11.1 Å².